The molecule has 5 nitrogen and oxygen atoms in total. The largest absolute Gasteiger partial charge is 0.326 e. The number of hydrogen-bond acceptors (Lipinski definition) is 3. The number of anilines is 2. The summed E-state index contributed by atoms with van der Waals surface area (Å²) >= 11 is 5.77. The molecule has 2 rings (SSSR count). The van der Waals surface area contributed by atoms with Crippen molar-refractivity contribution in [1.82, 2.24) is 4.98 Å². The fourth-order valence-corrected chi connectivity index (χ4v) is 1.64. The summed E-state index contributed by atoms with van der Waals surface area (Å²) < 4.78 is 0. The van der Waals surface area contributed by atoms with Crippen LogP contribution in [0.3, 0.4) is 0 Å². The second kappa shape index (κ2) is 6.17. The maximum atomic E-state index is 11.8. The van der Waals surface area contributed by atoms with Crippen LogP contribution in [0.25, 0.3) is 0 Å². The summed E-state index contributed by atoms with van der Waals surface area (Å²) in [5, 5.41) is 5.94. The van der Waals surface area contributed by atoms with E-state index < -0.39 is 0 Å². The van der Waals surface area contributed by atoms with Gasteiger partial charge in [0.15, 0.2) is 0 Å². The first-order chi connectivity index (χ1) is 9.19. The minimum Gasteiger partial charge on any atom is -0.326 e. The fourth-order valence-electron chi connectivity index (χ4n) is 1.52. The highest BCUT2D eigenvalue weighted by atomic mass is 35.5. The van der Waals surface area contributed by atoms with E-state index in [9.17, 15) is 4.79 Å². The number of nitrogens with two attached hydrogens (primary N) is 1. The van der Waals surface area contributed by atoms with E-state index in [0.717, 1.165) is 5.56 Å². The summed E-state index contributed by atoms with van der Waals surface area (Å²) in [5.74, 6) is 0.455. The molecular weight excluding hydrogens is 264 g/mol. The Morgan fingerprint density at radius 1 is 1.21 bits per heavy atom. The Morgan fingerprint density at radius 3 is 2.63 bits per heavy atom. The number of pyridine rings is 1. The number of hydrogen-bond donors (Lipinski definition) is 3. The van der Waals surface area contributed by atoms with E-state index in [2.05, 4.69) is 15.6 Å². The van der Waals surface area contributed by atoms with E-state index in [1.807, 2.05) is 6.07 Å². The number of urea groups is 1. The summed E-state index contributed by atoms with van der Waals surface area (Å²) in [6.45, 7) is 0.310. The van der Waals surface area contributed by atoms with Gasteiger partial charge in [0, 0.05) is 29.0 Å². The molecule has 1 aromatic carbocycles. The van der Waals surface area contributed by atoms with Crippen LogP contribution in [0.2, 0.25) is 5.02 Å². The first-order valence-corrected chi connectivity index (χ1v) is 6.04. The van der Waals surface area contributed by atoms with Gasteiger partial charge < -0.3 is 11.1 Å². The number of nitrogens with one attached hydrogen (secondary N) is 2. The molecule has 19 heavy (non-hydrogen) atoms. The predicted molar refractivity (Wildman–Crippen MR) is 76.2 cm³/mol. The van der Waals surface area contributed by atoms with E-state index in [-0.39, 0.29) is 6.03 Å². The van der Waals surface area contributed by atoms with Crippen molar-refractivity contribution < 1.29 is 4.79 Å². The van der Waals surface area contributed by atoms with Gasteiger partial charge in [0.2, 0.25) is 0 Å². The van der Waals surface area contributed by atoms with E-state index >= 15 is 0 Å². The first-order valence-electron chi connectivity index (χ1n) is 5.66. The first kappa shape index (κ1) is 13.3. The minimum absolute atomic E-state index is 0.310. The molecular formula is C13H13ClN4O. The molecule has 2 aromatic rings. The van der Waals surface area contributed by atoms with Gasteiger partial charge in [-0.05, 0) is 30.3 Å². The third-order valence-electron chi connectivity index (χ3n) is 2.45. The lowest BCUT2D eigenvalue weighted by Gasteiger charge is -2.09. The van der Waals surface area contributed by atoms with Gasteiger partial charge in [-0.2, -0.15) is 0 Å². The topological polar surface area (TPSA) is 80.0 Å². The lowest BCUT2D eigenvalue weighted by molar-refractivity contribution is 0.262. The van der Waals surface area contributed by atoms with Gasteiger partial charge in [-0.15, -0.1) is 0 Å². The van der Waals surface area contributed by atoms with Gasteiger partial charge in [-0.3, -0.25) is 5.32 Å². The molecule has 2 amide bonds. The Labute approximate surface area is 115 Å². The van der Waals surface area contributed by atoms with Crippen molar-refractivity contribution in [2.24, 2.45) is 5.73 Å². The van der Waals surface area contributed by atoms with Crippen molar-refractivity contribution in [3.63, 3.8) is 0 Å². The SMILES string of the molecule is NCc1cccnc1NC(=O)Nc1ccc(Cl)cc1. The van der Waals surface area contributed by atoms with Crippen molar-refractivity contribution in [1.29, 1.82) is 0 Å². The summed E-state index contributed by atoms with van der Waals surface area (Å²) in [4.78, 5) is 15.9. The summed E-state index contributed by atoms with van der Waals surface area (Å²) in [6, 6.07) is 10.0. The molecule has 0 aliphatic carbocycles. The van der Waals surface area contributed by atoms with E-state index in [1.54, 1.807) is 36.5 Å². The van der Waals surface area contributed by atoms with E-state index in [1.165, 1.54) is 0 Å². The monoisotopic (exact) mass is 276 g/mol. The third-order valence-corrected chi connectivity index (χ3v) is 2.70. The second-order valence-corrected chi connectivity index (χ2v) is 4.24. The van der Waals surface area contributed by atoms with Crippen molar-refractivity contribution in [2.75, 3.05) is 10.6 Å². The zero-order chi connectivity index (χ0) is 13.7. The summed E-state index contributed by atoms with van der Waals surface area (Å²) in [6.07, 6.45) is 1.59. The summed E-state index contributed by atoms with van der Waals surface area (Å²) in [5.41, 5.74) is 6.99. The lowest BCUT2D eigenvalue weighted by atomic mass is 10.2. The average molecular weight is 277 g/mol. The molecule has 0 saturated carbocycles. The molecule has 6 heteroatoms. The van der Waals surface area contributed by atoms with E-state index in [0.29, 0.717) is 23.1 Å². The number of carbonyl (C=O) groups excluding carboxylic acids is 1. The number of amides is 2. The Hall–Kier alpha value is -2.11. The van der Waals surface area contributed by atoms with Crippen molar-refractivity contribution in [3.05, 3.63) is 53.2 Å². The molecule has 0 saturated heterocycles. The molecule has 0 spiro atoms. The average Bonchev–Trinajstić information content (AvgIpc) is 2.42. The molecule has 0 aliphatic heterocycles. The summed E-state index contributed by atoms with van der Waals surface area (Å²) in [7, 11) is 0. The van der Waals surface area contributed by atoms with Gasteiger partial charge in [-0.25, -0.2) is 9.78 Å². The fraction of sp³-hybridized carbons (Fsp3) is 0.0769. The Kier molecular flexibility index (Phi) is 4.33. The van der Waals surface area contributed by atoms with Crippen LogP contribution < -0.4 is 16.4 Å². The normalized spacial score (nSPS) is 10.0. The minimum atomic E-state index is -0.379. The van der Waals surface area contributed by atoms with Crippen molar-refractivity contribution in [3.8, 4) is 0 Å². The van der Waals surface area contributed by atoms with Crippen molar-refractivity contribution >= 4 is 29.1 Å². The molecule has 1 aromatic heterocycles. The zero-order valence-corrected chi connectivity index (χ0v) is 10.8. The van der Waals surface area contributed by atoms with E-state index in [4.69, 9.17) is 17.3 Å². The molecule has 98 valence electrons. The number of halogens is 1. The highest BCUT2D eigenvalue weighted by Crippen LogP contribution is 2.14. The van der Waals surface area contributed by atoms with Crippen LogP contribution in [-0.4, -0.2) is 11.0 Å². The second-order valence-electron chi connectivity index (χ2n) is 3.80. The van der Waals surface area contributed by atoms with Gasteiger partial charge in [0.1, 0.15) is 5.82 Å². The van der Waals surface area contributed by atoms with Crippen LogP contribution >= 0.6 is 11.6 Å². The standard InChI is InChI=1S/C13H13ClN4O/c14-10-3-5-11(6-4-10)17-13(19)18-12-9(8-15)2-1-7-16-12/h1-7H,8,15H2,(H2,16,17,18,19). The maximum absolute atomic E-state index is 11.8. The molecule has 4 N–H and O–H groups in total. The highest BCUT2D eigenvalue weighted by Gasteiger charge is 2.06. The number of aromatic nitrogens is 1. The van der Waals surface area contributed by atoms with Crippen molar-refractivity contribution in [2.45, 2.75) is 6.54 Å². The number of rotatable bonds is 3. The number of carbonyl (C=O) groups is 1. The Bertz CT molecular complexity index is 571. The van der Waals surface area contributed by atoms with Crippen LogP contribution in [0.15, 0.2) is 42.6 Å². The van der Waals surface area contributed by atoms with Gasteiger partial charge in [0.05, 0.1) is 0 Å². The molecule has 1 heterocycles. The molecule has 0 unspecified atom stereocenters. The van der Waals surface area contributed by atoms with Crippen LogP contribution in [0, 0.1) is 0 Å². The molecule has 0 atom stereocenters. The zero-order valence-electron chi connectivity index (χ0n) is 10.1. The van der Waals surface area contributed by atoms with Crippen LogP contribution in [0.1, 0.15) is 5.56 Å². The van der Waals surface area contributed by atoms with Crippen LogP contribution in [0.4, 0.5) is 16.3 Å². The molecule has 0 radical (unpaired) electrons. The number of benzene rings is 1. The van der Waals surface area contributed by atoms with Crippen LogP contribution in [-0.2, 0) is 6.54 Å². The third kappa shape index (κ3) is 3.67. The number of nitrogens with zero attached hydrogens (tertiary/aromatic N) is 1. The molecule has 0 fully saturated rings. The van der Waals surface area contributed by atoms with Crippen LogP contribution in [0.5, 0.6) is 0 Å². The Morgan fingerprint density at radius 2 is 1.95 bits per heavy atom. The quantitative estimate of drug-likeness (QED) is 0.806. The Balaban J connectivity index is 2.03. The smallest absolute Gasteiger partial charge is 0.324 e. The lowest BCUT2D eigenvalue weighted by Crippen LogP contribution is -2.21. The maximum Gasteiger partial charge on any atom is 0.324 e. The predicted octanol–water partition coefficient (Wildman–Crippen LogP) is 2.84. The van der Waals surface area contributed by atoms with Gasteiger partial charge >= 0.3 is 6.03 Å². The molecule has 0 aliphatic rings. The van der Waals surface area contributed by atoms with Gasteiger partial charge in [0.25, 0.3) is 0 Å². The highest BCUT2D eigenvalue weighted by molar-refractivity contribution is 6.30. The van der Waals surface area contributed by atoms with Gasteiger partial charge in [-0.1, -0.05) is 17.7 Å². The molecule has 0 bridgehead atoms.